The summed E-state index contributed by atoms with van der Waals surface area (Å²) in [4.78, 5) is 4.46. The van der Waals surface area contributed by atoms with Gasteiger partial charge in [-0.15, -0.1) is 0 Å². The maximum absolute atomic E-state index is 14.1. The zero-order valence-corrected chi connectivity index (χ0v) is 11.8. The molecule has 4 heteroatoms. The van der Waals surface area contributed by atoms with E-state index in [1.807, 2.05) is 25.4 Å². The Balaban J connectivity index is 2.35. The molecule has 0 atom stereocenters. The van der Waals surface area contributed by atoms with Gasteiger partial charge in [-0.2, -0.15) is 5.10 Å². The van der Waals surface area contributed by atoms with Crippen LogP contribution in [0.25, 0.3) is 16.9 Å². The summed E-state index contributed by atoms with van der Waals surface area (Å²) in [6.07, 6.45) is 3.73. The van der Waals surface area contributed by atoms with Gasteiger partial charge < -0.3 is 0 Å². The number of aryl methyl sites for hydroxylation is 1. The van der Waals surface area contributed by atoms with Gasteiger partial charge in [0.1, 0.15) is 11.5 Å². The molecule has 0 N–H and O–H groups in total. The van der Waals surface area contributed by atoms with Gasteiger partial charge in [0.15, 0.2) is 5.65 Å². The van der Waals surface area contributed by atoms with Crippen LogP contribution in [0.15, 0.2) is 36.7 Å². The molecule has 0 aliphatic rings. The first kappa shape index (κ1) is 12.8. The zero-order valence-electron chi connectivity index (χ0n) is 11.8. The van der Waals surface area contributed by atoms with Crippen molar-refractivity contribution in [1.29, 1.82) is 0 Å². The summed E-state index contributed by atoms with van der Waals surface area (Å²) in [6.45, 7) is 6.11. The highest BCUT2D eigenvalue weighted by Crippen LogP contribution is 2.32. The van der Waals surface area contributed by atoms with Gasteiger partial charge in [-0.1, -0.05) is 26.0 Å². The van der Waals surface area contributed by atoms with Crippen molar-refractivity contribution in [2.24, 2.45) is 0 Å². The molecule has 20 heavy (non-hydrogen) atoms. The van der Waals surface area contributed by atoms with Crippen LogP contribution >= 0.6 is 0 Å². The number of benzene rings is 1. The van der Waals surface area contributed by atoms with Crippen LogP contribution in [0, 0.1) is 12.7 Å². The Bertz CT molecular complexity index is 774. The fourth-order valence-corrected chi connectivity index (χ4v) is 2.43. The number of nitrogens with zero attached hydrogens (tertiary/aromatic N) is 3. The molecule has 0 bridgehead atoms. The second kappa shape index (κ2) is 4.71. The SMILES string of the molecule is Cc1cnc2c(C(C)C)c(-c3ccccc3F)nn2c1. The summed E-state index contributed by atoms with van der Waals surface area (Å²) < 4.78 is 15.8. The average Bonchev–Trinajstić information content (AvgIpc) is 2.77. The van der Waals surface area contributed by atoms with E-state index >= 15 is 0 Å². The number of fused-ring (bicyclic) bond motifs is 1. The van der Waals surface area contributed by atoms with Crippen LogP contribution in [-0.2, 0) is 0 Å². The zero-order chi connectivity index (χ0) is 14.3. The molecule has 0 aliphatic heterocycles. The van der Waals surface area contributed by atoms with Gasteiger partial charge in [0.2, 0.25) is 0 Å². The van der Waals surface area contributed by atoms with Crippen LogP contribution in [0.3, 0.4) is 0 Å². The van der Waals surface area contributed by atoms with Crippen LogP contribution < -0.4 is 0 Å². The van der Waals surface area contributed by atoms with E-state index in [-0.39, 0.29) is 11.7 Å². The first-order valence-corrected chi connectivity index (χ1v) is 6.67. The topological polar surface area (TPSA) is 30.2 Å². The van der Waals surface area contributed by atoms with E-state index in [1.54, 1.807) is 16.6 Å². The van der Waals surface area contributed by atoms with Crippen molar-refractivity contribution >= 4 is 5.65 Å². The van der Waals surface area contributed by atoms with Gasteiger partial charge in [0, 0.05) is 23.5 Å². The highest BCUT2D eigenvalue weighted by molar-refractivity contribution is 5.72. The quantitative estimate of drug-likeness (QED) is 0.704. The van der Waals surface area contributed by atoms with Crippen LogP contribution in [0.5, 0.6) is 0 Å². The van der Waals surface area contributed by atoms with Gasteiger partial charge in [-0.05, 0) is 30.5 Å². The van der Waals surface area contributed by atoms with Gasteiger partial charge in [0.25, 0.3) is 0 Å². The van der Waals surface area contributed by atoms with Crippen molar-refractivity contribution in [2.75, 3.05) is 0 Å². The van der Waals surface area contributed by atoms with E-state index in [1.165, 1.54) is 6.07 Å². The van der Waals surface area contributed by atoms with Crippen molar-refractivity contribution in [3.63, 3.8) is 0 Å². The molecule has 0 amide bonds. The fourth-order valence-electron chi connectivity index (χ4n) is 2.43. The Morgan fingerprint density at radius 3 is 2.65 bits per heavy atom. The Morgan fingerprint density at radius 1 is 1.20 bits per heavy atom. The third-order valence-electron chi connectivity index (χ3n) is 3.34. The molecule has 2 heterocycles. The highest BCUT2D eigenvalue weighted by Gasteiger charge is 2.20. The predicted molar refractivity (Wildman–Crippen MR) is 77.2 cm³/mol. The largest absolute Gasteiger partial charge is 0.236 e. The van der Waals surface area contributed by atoms with Crippen LogP contribution in [0.1, 0.15) is 30.9 Å². The molecule has 0 saturated carbocycles. The normalized spacial score (nSPS) is 11.4. The van der Waals surface area contributed by atoms with Gasteiger partial charge in [0.05, 0.1) is 0 Å². The Kier molecular flexibility index (Phi) is 3.01. The van der Waals surface area contributed by atoms with E-state index in [4.69, 9.17) is 0 Å². The Morgan fingerprint density at radius 2 is 1.95 bits per heavy atom. The Labute approximate surface area is 117 Å². The lowest BCUT2D eigenvalue weighted by Gasteiger charge is -2.06. The number of aromatic nitrogens is 3. The minimum absolute atomic E-state index is 0.220. The molecular formula is C16H16FN3. The lowest BCUT2D eigenvalue weighted by Crippen LogP contribution is -1.94. The van der Waals surface area contributed by atoms with E-state index in [9.17, 15) is 4.39 Å². The molecule has 0 radical (unpaired) electrons. The maximum Gasteiger partial charge on any atom is 0.159 e. The van der Waals surface area contributed by atoms with E-state index in [0.717, 1.165) is 16.8 Å². The third kappa shape index (κ3) is 1.97. The van der Waals surface area contributed by atoms with Gasteiger partial charge >= 0.3 is 0 Å². The smallest absolute Gasteiger partial charge is 0.159 e. The molecular weight excluding hydrogens is 253 g/mol. The van der Waals surface area contributed by atoms with Crippen molar-refractivity contribution in [3.8, 4) is 11.3 Å². The summed E-state index contributed by atoms with van der Waals surface area (Å²) in [6, 6.07) is 6.73. The molecule has 0 saturated heterocycles. The molecule has 3 nitrogen and oxygen atoms in total. The molecule has 3 rings (SSSR count). The van der Waals surface area contributed by atoms with Crippen molar-refractivity contribution in [2.45, 2.75) is 26.7 Å². The second-order valence-electron chi connectivity index (χ2n) is 5.30. The lowest BCUT2D eigenvalue weighted by atomic mass is 9.99. The second-order valence-corrected chi connectivity index (χ2v) is 5.30. The number of rotatable bonds is 2. The van der Waals surface area contributed by atoms with E-state index in [0.29, 0.717) is 11.3 Å². The molecule has 0 spiro atoms. The first-order valence-electron chi connectivity index (χ1n) is 6.67. The van der Waals surface area contributed by atoms with E-state index in [2.05, 4.69) is 23.9 Å². The summed E-state index contributed by atoms with van der Waals surface area (Å²) in [5.74, 6) is -0.0353. The van der Waals surface area contributed by atoms with E-state index < -0.39 is 0 Å². The van der Waals surface area contributed by atoms with Crippen molar-refractivity contribution < 1.29 is 4.39 Å². The molecule has 1 aromatic carbocycles. The fraction of sp³-hybridized carbons (Fsp3) is 0.250. The standard InChI is InChI=1S/C16H16FN3/c1-10(2)14-15(12-6-4-5-7-13(12)17)19-20-9-11(3)8-18-16(14)20/h4-10H,1-3H3. The van der Waals surface area contributed by atoms with Crippen molar-refractivity contribution in [3.05, 3.63) is 53.6 Å². The molecule has 0 aliphatic carbocycles. The number of hydrogen-bond acceptors (Lipinski definition) is 2. The van der Waals surface area contributed by atoms with Crippen molar-refractivity contribution in [1.82, 2.24) is 14.6 Å². The monoisotopic (exact) mass is 269 g/mol. The molecule has 0 unspecified atom stereocenters. The molecule has 0 fully saturated rings. The summed E-state index contributed by atoms with van der Waals surface area (Å²) in [7, 11) is 0. The van der Waals surface area contributed by atoms with Gasteiger partial charge in [-0.25, -0.2) is 13.9 Å². The summed E-state index contributed by atoms with van der Waals surface area (Å²) in [5.41, 5.74) is 4.00. The highest BCUT2D eigenvalue weighted by atomic mass is 19.1. The molecule has 3 aromatic rings. The minimum Gasteiger partial charge on any atom is -0.236 e. The van der Waals surface area contributed by atoms with Crippen LogP contribution in [0.2, 0.25) is 0 Å². The first-order chi connectivity index (χ1) is 9.58. The number of halogens is 1. The predicted octanol–water partition coefficient (Wildman–Crippen LogP) is 3.97. The minimum atomic E-state index is -0.255. The average molecular weight is 269 g/mol. The number of hydrogen-bond donors (Lipinski definition) is 0. The summed E-state index contributed by atoms with van der Waals surface area (Å²) >= 11 is 0. The Hall–Kier alpha value is -2.23. The van der Waals surface area contributed by atoms with Gasteiger partial charge in [-0.3, -0.25) is 0 Å². The van der Waals surface area contributed by atoms with Crippen LogP contribution in [-0.4, -0.2) is 14.6 Å². The van der Waals surface area contributed by atoms with Crippen LogP contribution in [0.4, 0.5) is 4.39 Å². The molecule has 2 aromatic heterocycles. The maximum atomic E-state index is 14.1. The third-order valence-corrected chi connectivity index (χ3v) is 3.34. The lowest BCUT2D eigenvalue weighted by molar-refractivity contribution is 0.630. The summed E-state index contributed by atoms with van der Waals surface area (Å²) in [5, 5.41) is 4.54. The molecule has 102 valence electrons.